The maximum absolute atomic E-state index is 12.3. The van der Waals surface area contributed by atoms with Gasteiger partial charge in [-0.25, -0.2) is 0 Å². The molecule has 0 bridgehead atoms. The molecule has 1 rings (SSSR count). The van der Waals surface area contributed by atoms with Gasteiger partial charge in [-0.1, -0.05) is 76.6 Å². The first-order chi connectivity index (χ1) is 11.7. The van der Waals surface area contributed by atoms with E-state index in [0.29, 0.717) is 16.6 Å². The van der Waals surface area contributed by atoms with Gasteiger partial charge in [0.15, 0.2) is 0 Å². The fourth-order valence-corrected chi connectivity index (χ4v) is 10.9. The zero-order valence-electron chi connectivity index (χ0n) is 17.0. The first-order valence-corrected chi connectivity index (χ1v) is 13.1. The number of esters is 1. The van der Waals surface area contributed by atoms with E-state index in [9.17, 15) is 4.79 Å². The first kappa shape index (κ1) is 23.2. The summed E-state index contributed by atoms with van der Waals surface area (Å²) in [5, 5.41) is 0. The Morgan fingerprint density at radius 3 is 2.12 bits per heavy atom. The fourth-order valence-electron chi connectivity index (χ4n) is 5.04. The maximum Gasteiger partial charge on any atom is 0.309 e. The average molecular weight is 481 g/mol. The second-order valence-corrected chi connectivity index (χ2v) is 14.4. The molecule has 0 aromatic heterocycles. The van der Waals surface area contributed by atoms with Crippen molar-refractivity contribution in [2.45, 2.75) is 90.0 Å². The van der Waals surface area contributed by atoms with Crippen molar-refractivity contribution in [3.05, 3.63) is 10.2 Å². The summed E-state index contributed by atoms with van der Waals surface area (Å²) in [6.07, 6.45) is 6.30. The van der Waals surface area contributed by atoms with Crippen molar-refractivity contribution in [1.82, 2.24) is 0 Å². The number of methoxy groups -OCH3 is 1. The molecule has 0 aliphatic heterocycles. The molecule has 0 heterocycles. The quantitative estimate of drug-likeness (QED) is 0.215. The number of carbonyl (C=O) groups is 1. The van der Waals surface area contributed by atoms with E-state index in [4.69, 9.17) is 9.16 Å². The van der Waals surface area contributed by atoms with Crippen molar-refractivity contribution in [3.8, 4) is 0 Å². The van der Waals surface area contributed by atoms with Crippen molar-refractivity contribution in [1.29, 1.82) is 0 Å². The van der Waals surface area contributed by atoms with Crippen LogP contribution in [0.4, 0.5) is 0 Å². The van der Waals surface area contributed by atoms with Crippen molar-refractivity contribution >= 4 is 36.9 Å². The summed E-state index contributed by atoms with van der Waals surface area (Å²) >= 11 is 2.27. The molecule has 3 nitrogen and oxygen atoms in total. The highest BCUT2D eigenvalue weighted by atomic mass is 127. The third kappa shape index (κ3) is 5.31. The van der Waals surface area contributed by atoms with Crippen molar-refractivity contribution in [3.63, 3.8) is 0 Å². The number of ether oxygens (including phenoxy) is 1. The molecule has 0 spiro atoms. The van der Waals surface area contributed by atoms with Gasteiger partial charge in [0.1, 0.15) is 0 Å². The largest absolute Gasteiger partial charge is 0.469 e. The lowest BCUT2D eigenvalue weighted by Gasteiger charge is -2.46. The molecule has 1 aliphatic carbocycles. The van der Waals surface area contributed by atoms with E-state index in [1.807, 2.05) is 0 Å². The SMILES string of the molecule is COC(=O)[C@@H]1CCC[C@H]1[C@H](C/C=C/I)O[Si](C(C)C)(C(C)C)C(C)C. The third-order valence-electron chi connectivity index (χ3n) is 6.07. The van der Waals surface area contributed by atoms with Crippen LogP contribution in [0.1, 0.15) is 67.2 Å². The zero-order valence-corrected chi connectivity index (χ0v) is 20.2. The number of halogens is 1. The van der Waals surface area contributed by atoms with Crippen LogP contribution in [0.5, 0.6) is 0 Å². The van der Waals surface area contributed by atoms with Crippen LogP contribution in [0, 0.1) is 11.8 Å². The van der Waals surface area contributed by atoms with E-state index in [2.05, 4.69) is 74.3 Å². The molecule has 146 valence electrons. The van der Waals surface area contributed by atoms with Crippen LogP contribution in [-0.2, 0) is 14.0 Å². The second kappa shape index (κ2) is 10.5. The minimum Gasteiger partial charge on any atom is -0.469 e. The Kier molecular flexibility index (Phi) is 9.68. The van der Waals surface area contributed by atoms with Gasteiger partial charge in [0.2, 0.25) is 8.32 Å². The highest BCUT2D eigenvalue weighted by Crippen LogP contribution is 2.46. The van der Waals surface area contributed by atoms with Crippen LogP contribution in [0.25, 0.3) is 0 Å². The lowest BCUT2D eigenvalue weighted by Crippen LogP contribution is -2.52. The molecule has 5 heteroatoms. The van der Waals surface area contributed by atoms with Gasteiger partial charge in [0, 0.05) is 0 Å². The minimum atomic E-state index is -1.97. The van der Waals surface area contributed by atoms with E-state index < -0.39 is 8.32 Å². The molecule has 0 aromatic carbocycles. The van der Waals surface area contributed by atoms with Crippen LogP contribution < -0.4 is 0 Å². The van der Waals surface area contributed by atoms with Gasteiger partial charge in [-0.2, -0.15) is 0 Å². The summed E-state index contributed by atoms with van der Waals surface area (Å²) < 4.78 is 14.3. The smallest absolute Gasteiger partial charge is 0.309 e. The molecule has 0 saturated heterocycles. The lowest BCUT2D eigenvalue weighted by atomic mass is 9.89. The van der Waals surface area contributed by atoms with E-state index in [0.717, 1.165) is 25.7 Å². The predicted octanol–water partition coefficient (Wildman–Crippen LogP) is 6.48. The molecule has 0 unspecified atom stereocenters. The first-order valence-electron chi connectivity index (χ1n) is 9.73. The molecule has 1 saturated carbocycles. The van der Waals surface area contributed by atoms with Crippen LogP contribution in [0.15, 0.2) is 10.2 Å². The van der Waals surface area contributed by atoms with Gasteiger partial charge in [0.05, 0.1) is 19.1 Å². The Balaban J connectivity index is 3.18. The zero-order chi connectivity index (χ0) is 19.2. The number of hydrogen-bond acceptors (Lipinski definition) is 3. The van der Waals surface area contributed by atoms with Crippen molar-refractivity contribution < 1.29 is 14.0 Å². The van der Waals surface area contributed by atoms with Crippen LogP contribution in [-0.4, -0.2) is 27.5 Å². The third-order valence-corrected chi connectivity index (χ3v) is 12.7. The van der Waals surface area contributed by atoms with Crippen LogP contribution in [0.3, 0.4) is 0 Å². The number of carbonyl (C=O) groups excluding carboxylic acids is 1. The maximum atomic E-state index is 12.3. The van der Waals surface area contributed by atoms with Gasteiger partial charge in [-0.3, -0.25) is 4.79 Å². The second-order valence-electron chi connectivity index (χ2n) is 8.30. The fraction of sp³-hybridized carbons (Fsp3) is 0.850. The molecule has 1 fully saturated rings. The molecule has 0 radical (unpaired) electrons. The van der Waals surface area contributed by atoms with Crippen LogP contribution >= 0.6 is 22.6 Å². The number of hydrogen-bond donors (Lipinski definition) is 0. The van der Waals surface area contributed by atoms with E-state index in [-0.39, 0.29) is 23.9 Å². The van der Waals surface area contributed by atoms with E-state index in [1.165, 1.54) is 7.11 Å². The normalized spacial score (nSPS) is 23.2. The highest BCUT2D eigenvalue weighted by Gasteiger charge is 2.49. The van der Waals surface area contributed by atoms with E-state index >= 15 is 0 Å². The van der Waals surface area contributed by atoms with Crippen molar-refractivity contribution in [2.24, 2.45) is 11.8 Å². The van der Waals surface area contributed by atoms with Crippen LogP contribution in [0.2, 0.25) is 16.6 Å². The molecular weight excluding hydrogens is 443 g/mol. The minimum absolute atomic E-state index is 0.00389. The van der Waals surface area contributed by atoms with Gasteiger partial charge in [-0.05, 0) is 45.9 Å². The Bertz CT molecular complexity index is 426. The van der Waals surface area contributed by atoms with E-state index in [1.54, 1.807) is 0 Å². The van der Waals surface area contributed by atoms with Gasteiger partial charge in [0.25, 0.3) is 0 Å². The van der Waals surface area contributed by atoms with Gasteiger partial charge >= 0.3 is 5.97 Å². The summed E-state index contributed by atoms with van der Waals surface area (Å²) in [6, 6.07) is 0. The molecular formula is C20H37IO3Si. The summed E-state index contributed by atoms with van der Waals surface area (Å²) in [5.74, 6) is 0.222. The Labute approximate surface area is 169 Å². The summed E-state index contributed by atoms with van der Waals surface area (Å²) in [5.41, 5.74) is 1.66. The molecule has 25 heavy (non-hydrogen) atoms. The molecule has 3 atom stereocenters. The summed E-state index contributed by atoms with van der Waals surface area (Å²) in [7, 11) is -0.464. The molecule has 0 N–H and O–H groups in total. The summed E-state index contributed by atoms with van der Waals surface area (Å²) in [6.45, 7) is 13.9. The molecule has 0 aromatic rings. The Morgan fingerprint density at radius 2 is 1.68 bits per heavy atom. The summed E-state index contributed by atoms with van der Waals surface area (Å²) in [4.78, 5) is 12.3. The molecule has 1 aliphatic rings. The number of rotatable bonds is 9. The molecule has 0 amide bonds. The standard InChI is InChI=1S/C20H37IO3Si/c1-14(2)25(15(3)4,16(5)6)24-19(12-9-13-21)17-10-8-11-18(17)20(22)23-7/h9,13-19H,8,10-12H2,1-7H3/b13-9+/t17-,18-,19+/m1/s1. The monoisotopic (exact) mass is 480 g/mol. The van der Waals surface area contributed by atoms with Crippen molar-refractivity contribution in [2.75, 3.05) is 7.11 Å². The highest BCUT2D eigenvalue weighted by molar-refractivity contribution is 14.1. The van der Waals surface area contributed by atoms with Gasteiger partial charge in [-0.15, -0.1) is 0 Å². The van der Waals surface area contributed by atoms with Gasteiger partial charge < -0.3 is 9.16 Å². The predicted molar refractivity (Wildman–Crippen MR) is 117 cm³/mol. The average Bonchev–Trinajstić information content (AvgIpc) is 3.02. The lowest BCUT2D eigenvalue weighted by molar-refractivity contribution is -0.148. The topological polar surface area (TPSA) is 35.5 Å². The Hall–Kier alpha value is 0.117. The Morgan fingerprint density at radius 1 is 1.12 bits per heavy atom.